The maximum absolute atomic E-state index is 13.4. The van der Waals surface area contributed by atoms with Crippen LogP contribution in [0.5, 0.6) is 11.5 Å². The van der Waals surface area contributed by atoms with Crippen molar-refractivity contribution in [1.82, 2.24) is 15.0 Å². The Hall–Kier alpha value is -4.65. The number of nitrogens with zero attached hydrogens (tertiary/aromatic N) is 3. The van der Waals surface area contributed by atoms with Crippen LogP contribution in [-0.2, 0) is 0 Å². The third kappa shape index (κ3) is 4.67. The topological polar surface area (TPSA) is 77.0 Å². The minimum Gasteiger partial charge on any atom is -0.457 e. The summed E-state index contributed by atoms with van der Waals surface area (Å²) in [5.74, 6) is 0.234. The predicted octanol–water partition coefficient (Wildman–Crippen LogP) is 5.88. The van der Waals surface area contributed by atoms with Crippen LogP contribution < -0.4 is 10.1 Å². The number of carbonyl (C=O) groups excluding carboxylic acids is 1. The van der Waals surface area contributed by atoms with E-state index in [0.29, 0.717) is 22.7 Å². The Morgan fingerprint density at radius 1 is 0.848 bits per heavy atom. The van der Waals surface area contributed by atoms with Crippen LogP contribution in [0.25, 0.3) is 22.3 Å². The second-order valence-corrected chi connectivity index (χ2v) is 7.24. The van der Waals surface area contributed by atoms with Gasteiger partial charge in [0, 0.05) is 41.3 Å². The number of anilines is 1. The number of hydrogen-bond acceptors (Lipinski definition) is 5. The molecule has 0 aliphatic rings. The molecule has 5 rings (SSSR count). The number of ether oxygens (including phenoxy) is 1. The molecule has 0 aliphatic carbocycles. The lowest BCUT2D eigenvalue weighted by Crippen LogP contribution is -2.11. The van der Waals surface area contributed by atoms with Crippen molar-refractivity contribution in [3.8, 4) is 22.8 Å². The van der Waals surface area contributed by atoms with E-state index in [0.717, 1.165) is 16.8 Å². The third-order valence-electron chi connectivity index (χ3n) is 4.89. The molecule has 7 heteroatoms. The van der Waals surface area contributed by atoms with Crippen LogP contribution in [0, 0.1) is 5.82 Å². The van der Waals surface area contributed by atoms with E-state index in [1.54, 1.807) is 61.1 Å². The number of aromatic nitrogens is 3. The first kappa shape index (κ1) is 20.3. The van der Waals surface area contributed by atoms with Gasteiger partial charge in [0.2, 0.25) is 0 Å². The van der Waals surface area contributed by atoms with Crippen LogP contribution in [-0.4, -0.2) is 20.9 Å². The van der Waals surface area contributed by atoms with Crippen molar-refractivity contribution >= 4 is 22.6 Å². The Balaban J connectivity index is 1.36. The van der Waals surface area contributed by atoms with Gasteiger partial charge < -0.3 is 10.1 Å². The van der Waals surface area contributed by atoms with Gasteiger partial charge in [0.05, 0.1) is 22.9 Å². The smallest absolute Gasteiger partial charge is 0.255 e. The molecule has 2 aromatic heterocycles. The number of rotatable bonds is 5. The van der Waals surface area contributed by atoms with Gasteiger partial charge in [-0.05, 0) is 54.6 Å². The van der Waals surface area contributed by atoms with Crippen molar-refractivity contribution in [3.05, 3.63) is 109 Å². The molecule has 160 valence electrons. The highest BCUT2D eigenvalue weighted by atomic mass is 19.1. The van der Waals surface area contributed by atoms with Crippen molar-refractivity contribution < 1.29 is 13.9 Å². The Kier molecular flexibility index (Phi) is 5.43. The Labute approximate surface area is 188 Å². The van der Waals surface area contributed by atoms with Crippen LogP contribution >= 0.6 is 0 Å². The molecule has 0 bridgehead atoms. The molecular formula is C26H17FN4O2. The average molecular weight is 436 g/mol. The first-order valence-corrected chi connectivity index (χ1v) is 10.2. The van der Waals surface area contributed by atoms with E-state index in [1.807, 2.05) is 18.2 Å². The summed E-state index contributed by atoms with van der Waals surface area (Å²) in [7, 11) is 0. The molecule has 1 amide bonds. The van der Waals surface area contributed by atoms with Gasteiger partial charge in [-0.2, -0.15) is 0 Å². The second kappa shape index (κ2) is 8.84. The van der Waals surface area contributed by atoms with E-state index >= 15 is 0 Å². The summed E-state index contributed by atoms with van der Waals surface area (Å²) in [6.07, 6.45) is 5.16. The highest BCUT2D eigenvalue weighted by Gasteiger charge is 2.09. The second-order valence-electron chi connectivity index (χ2n) is 7.24. The largest absolute Gasteiger partial charge is 0.457 e. The Morgan fingerprint density at radius 3 is 2.58 bits per heavy atom. The number of fused-ring (bicyclic) bond motifs is 1. The summed E-state index contributed by atoms with van der Waals surface area (Å²) in [6.45, 7) is 0. The number of hydrogen-bond donors (Lipinski definition) is 1. The lowest BCUT2D eigenvalue weighted by Gasteiger charge is -2.10. The maximum Gasteiger partial charge on any atom is 0.255 e. The fourth-order valence-electron chi connectivity index (χ4n) is 3.31. The number of carbonyl (C=O) groups is 1. The summed E-state index contributed by atoms with van der Waals surface area (Å²) >= 11 is 0. The van der Waals surface area contributed by atoms with E-state index in [2.05, 4.69) is 20.3 Å². The van der Waals surface area contributed by atoms with Crippen molar-refractivity contribution in [2.45, 2.75) is 0 Å². The zero-order chi connectivity index (χ0) is 22.6. The lowest BCUT2D eigenvalue weighted by atomic mass is 10.2. The monoisotopic (exact) mass is 436 g/mol. The number of pyridine rings is 1. The van der Waals surface area contributed by atoms with E-state index in [-0.39, 0.29) is 5.56 Å². The Bertz CT molecular complexity index is 1460. The van der Waals surface area contributed by atoms with Gasteiger partial charge in [0.25, 0.3) is 5.91 Å². The molecule has 2 heterocycles. The van der Waals surface area contributed by atoms with Crippen LogP contribution in [0.15, 0.2) is 97.5 Å². The van der Waals surface area contributed by atoms with Crippen LogP contribution in [0.1, 0.15) is 10.4 Å². The maximum atomic E-state index is 13.4. The van der Waals surface area contributed by atoms with E-state index in [1.165, 1.54) is 18.2 Å². The van der Waals surface area contributed by atoms with Crippen molar-refractivity contribution in [1.29, 1.82) is 0 Å². The van der Waals surface area contributed by atoms with Gasteiger partial charge in [-0.3, -0.25) is 14.8 Å². The summed E-state index contributed by atoms with van der Waals surface area (Å²) in [4.78, 5) is 25.7. The number of nitrogens with one attached hydrogen (secondary N) is 1. The molecule has 0 spiro atoms. The van der Waals surface area contributed by atoms with Gasteiger partial charge in [0.15, 0.2) is 0 Å². The molecule has 6 nitrogen and oxygen atoms in total. The highest BCUT2D eigenvalue weighted by molar-refractivity contribution is 6.04. The molecule has 1 N–H and O–H groups in total. The zero-order valence-corrected chi connectivity index (χ0v) is 17.3. The molecule has 5 aromatic rings. The van der Waals surface area contributed by atoms with E-state index in [9.17, 15) is 9.18 Å². The molecule has 3 aromatic carbocycles. The standard InChI is InChI=1S/C26H17FN4O2/c27-19-6-1-4-17(12-19)26(32)30-20-7-2-8-21(13-20)33-22-9-10-23-24(14-22)31-25(16-29-23)18-5-3-11-28-15-18/h1-16H,(H,30,32). The minimum absolute atomic E-state index is 0.235. The van der Waals surface area contributed by atoms with Gasteiger partial charge in [-0.25, -0.2) is 9.37 Å². The summed E-state index contributed by atoms with van der Waals surface area (Å²) in [5, 5.41) is 2.75. The lowest BCUT2D eigenvalue weighted by molar-refractivity contribution is 0.102. The van der Waals surface area contributed by atoms with Crippen LogP contribution in [0.4, 0.5) is 10.1 Å². The number of amides is 1. The summed E-state index contributed by atoms with van der Waals surface area (Å²) in [6, 6.07) is 21.7. The van der Waals surface area contributed by atoms with Gasteiger partial charge >= 0.3 is 0 Å². The molecule has 0 unspecified atom stereocenters. The van der Waals surface area contributed by atoms with E-state index in [4.69, 9.17) is 4.74 Å². The van der Waals surface area contributed by atoms with E-state index < -0.39 is 11.7 Å². The average Bonchev–Trinajstić information content (AvgIpc) is 2.84. The van der Waals surface area contributed by atoms with Crippen molar-refractivity contribution in [2.24, 2.45) is 0 Å². The molecule has 0 saturated heterocycles. The molecule has 0 atom stereocenters. The summed E-state index contributed by atoms with van der Waals surface area (Å²) < 4.78 is 19.4. The number of benzene rings is 3. The van der Waals surface area contributed by atoms with Gasteiger partial charge in [0.1, 0.15) is 17.3 Å². The SMILES string of the molecule is O=C(Nc1cccc(Oc2ccc3ncc(-c4cccnc4)nc3c2)c1)c1cccc(F)c1. The molecule has 0 saturated carbocycles. The molecule has 0 aliphatic heterocycles. The van der Waals surface area contributed by atoms with Crippen molar-refractivity contribution in [3.63, 3.8) is 0 Å². The first-order chi connectivity index (χ1) is 16.1. The molecule has 0 radical (unpaired) electrons. The Morgan fingerprint density at radius 2 is 1.73 bits per heavy atom. The highest BCUT2D eigenvalue weighted by Crippen LogP contribution is 2.27. The predicted molar refractivity (Wildman–Crippen MR) is 124 cm³/mol. The minimum atomic E-state index is -0.467. The molecular weight excluding hydrogens is 419 g/mol. The fourth-order valence-corrected chi connectivity index (χ4v) is 3.31. The normalized spacial score (nSPS) is 10.7. The molecule has 33 heavy (non-hydrogen) atoms. The fraction of sp³-hybridized carbons (Fsp3) is 0. The van der Waals surface area contributed by atoms with Crippen LogP contribution in [0.3, 0.4) is 0 Å². The first-order valence-electron chi connectivity index (χ1n) is 10.2. The third-order valence-corrected chi connectivity index (χ3v) is 4.89. The number of halogens is 1. The molecule has 0 fully saturated rings. The van der Waals surface area contributed by atoms with Gasteiger partial charge in [-0.15, -0.1) is 0 Å². The van der Waals surface area contributed by atoms with Crippen LogP contribution in [0.2, 0.25) is 0 Å². The summed E-state index contributed by atoms with van der Waals surface area (Å²) in [5.41, 5.74) is 3.78. The zero-order valence-electron chi connectivity index (χ0n) is 17.3. The van der Waals surface area contributed by atoms with Gasteiger partial charge in [-0.1, -0.05) is 12.1 Å². The quantitative estimate of drug-likeness (QED) is 0.373. The van der Waals surface area contributed by atoms with Crippen molar-refractivity contribution in [2.75, 3.05) is 5.32 Å².